The smallest absolute Gasteiger partial charge is 0.253 e. The predicted molar refractivity (Wildman–Crippen MR) is 72.7 cm³/mol. The Bertz CT molecular complexity index is 619. The largest absolute Gasteiger partial charge is 0.355 e. The summed E-state index contributed by atoms with van der Waals surface area (Å²) < 4.78 is 13.6. The standard InChI is InChI=1S/C13H11BFN3O/c1-16-13(19)8-4-2-3-5-10(8)18-11-6-12(14)17-7-9(11)15/h2-7H,1H3,(H,16,19)(H,17,18). The Labute approximate surface area is 111 Å². The molecule has 0 aliphatic carbocycles. The molecule has 0 fully saturated rings. The Morgan fingerprint density at radius 2 is 2.05 bits per heavy atom. The summed E-state index contributed by atoms with van der Waals surface area (Å²) in [7, 11) is 7.04. The van der Waals surface area contributed by atoms with Gasteiger partial charge in [-0.2, -0.15) is 0 Å². The minimum atomic E-state index is -0.541. The van der Waals surface area contributed by atoms with Crippen LogP contribution in [0.4, 0.5) is 15.8 Å². The van der Waals surface area contributed by atoms with Crippen molar-refractivity contribution >= 4 is 30.7 Å². The van der Waals surface area contributed by atoms with E-state index in [0.29, 0.717) is 11.3 Å². The summed E-state index contributed by atoms with van der Waals surface area (Å²) in [6, 6.07) is 8.17. The van der Waals surface area contributed by atoms with E-state index in [0.717, 1.165) is 6.20 Å². The Morgan fingerprint density at radius 1 is 1.32 bits per heavy atom. The van der Waals surface area contributed by atoms with Crippen LogP contribution in [0.5, 0.6) is 0 Å². The van der Waals surface area contributed by atoms with Crippen LogP contribution in [-0.4, -0.2) is 25.8 Å². The summed E-state index contributed by atoms with van der Waals surface area (Å²) in [6.45, 7) is 0. The Morgan fingerprint density at radius 3 is 2.79 bits per heavy atom. The minimum Gasteiger partial charge on any atom is -0.355 e. The molecule has 4 nitrogen and oxygen atoms in total. The fourth-order valence-corrected chi connectivity index (χ4v) is 1.62. The van der Waals surface area contributed by atoms with Crippen LogP contribution in [-0.2, 0) is 0 Å². The van der Waals surface area contributed by atoms with Crippen LogP contribution in [0.1, 0.15) is 10.4 Å². The number of hydrogen-bond acceptors (Lipinski definition) is 3. The number of para-hydroxylation sites is 1. The van der Waals surface area contributed by atoms with Crippen LogP contribution >= 0.6 is 0 Å². The van der Waals surface area contributed by atoms with Gasteiger partial charge in [0, 0.05) is 7.05 Å². The molecule has 6 heteroatoms. The van der Waals surface area contributed by atoms with Gasteiger partial charge in [-0.15, -0.1) is 0 Å². The number of amides is 1. The zero-order valence-corrected chi connectivity index (χ0v) is 10.3. The molecule has 2 radical (unpaired) electrons. The number of benzene rings is 1. The Kier molecular flexibility index (Phi) is 3.80. The lowest BCUT2D eigenvalue weighted by atomic mass is 10.0. The molecule has 1 amide bonds. The molecule has 0 unspecified atom stereocenters. The van der Waals surface area contributed by atoms with Gasteiger partial charge in [0.05, 0.1) is 23.1 Å². The maximum atomic E-state index is 13.6. The van der Waals surface area contributed by atoms with Crippen molar-refractivity contribution in [1.29, 1.82) is 0 Å². The third-order valence-corrected chi connectivity index (χ3v) is 2.54. The second kappa shape index (κ2) is 5.52. The van der Waals surface area contributed by atoms with Crippen molar-refractivity contribution in [2.45, 2.75) is 0 Å². The maximum Gasteiger partial charge on any atom is 0.253 e. The summed E-state index contributed by atoms with van der Waals surface area (Å²) in [5.41, 5.74) is 1.27. The molecular formula is C13H11BFN3O. The fourth-order valence-electron chi connectivity index (χ4n) is 1.62. The van der Waals surface area contributed by atoms with Gasteiger partial charge in [0.15, 0.2) is 5.82 Å². The van der Waals surface area contributed by atoms with E-state index in [4.69, 9.17) is 7.85 Å². The molecule has 0 aliphatic heterocycles. The van der Waals surface area contributed by atoms with E-state index in [1.54, 1.807) is 24.3 Å². The number of anilines is 2. The first-order valence-corrected chi connectivity index (χ1v) is 5.61. The van der Waals surface area contributed by atoms with Gasteiger partial charge < -0.3 is 10.6 Å². The number of pyridine rings is 1. The summed E-state index contributed by atoms with van der Waals surface area (Å²) in [4.78, 5) is 15.3. The topological polar surface area (TPSA) is 54.0 Å². The molecule has 94 valence electrons. The first kappa shape index (κ1) is 13.1. The Balaban J connectivity index is 2.38. The second-order valence-electron chi connectivity index (χ2n) is 3.84. The van der Waals surface area contributed by atoms with Gasteiger partial charge in [-0.1, -0.05) is 12.1 Å². The maximum absolute atomic E-state index is 13.6. The number of nitrogens with zero attached hydrogens (tertiary/aromatic N) is 1. The lowest BCUT2D eigenvalue weighted by molar-refractivity contribution is 0.0964. The van der Waals surface area contributed by atoms with E-state index in [1.165, 1.54) is 13.1 Å². The monoisotopic (exact) mass is 255 g/mol. The predicted octanol–water partition coefficient (Wildman–Crippen LogP) is 1.12. The first-order chi connectivity index (χ1) is 9.11. The summed E-state index contributed by atoms with van der Waals surface area (Å²) >= 11 is 0. The van der Waals surface area contributed by atoms with Crippen molar-refractivity contribution in [3.8, 4) is 0 Å². The zero-order valence-electron chi connectivity index (χ0n) is 10.3. The SMILES string of the molecule is [B]c1cc(Nc2ccccc2C(=O)NC)c(F)cn1. The van der Waals surface area contributed by atoms with Crippen molar-refractivity contribution < 1.29 is 9.18 Å². The first-order valence-electron chi connectivity index (χ1n) is 5.61. The van der Waals surface area contributed by atoms with Crippen LogP contribution in [0.25, 0.3) is 0 Å². The number of rotatable bonds is 3. The van der Waals surface area contributed by atoms with Gasteiger partial charge in [-0.25, -0.2) is 4.39 Å². The van der Waals surface area contributed by atoms with E-state index < -0.39 is 5.82 Å². The molecule has 2 rings (SSSR count). The van der Waals surface area contributed by atoms with Gasteiger partial charge in [-0.05, 0) is 23.8 Å². The highest BCUT2D eigenvalue weighted by molar-refractivity contribution is 6.30. The highest BCUT2D eigenvalue weighted by atomic mass is 19.1. The molecule has 2 aromatic rings. The third-order valence-electron chi connectivity index (χ3n) is 2.54. The van der Waals surface area contributed by atoms with E-state index in [2.05, 4.69) is 15.6 Å². The molecule has 0 bridgehead atoms. The minimum absolute atomic E-state index is 0.170. The van der Waals surface area contributed by atoms with Gasteiger partial charge in [0.2, 0.25) is 0 Å². The zero-order chi connectivity index (χ0) is 13.8. The molecule has 0 aliphatic rings. The van der Waals surface area contributed by atoms with E-state index >= 15 is 0 Å². The molecule has 19 heavy (non-hydrogen) atoms. The van der Waals surface area contributed by atoms with Gasteiger partial charge in [0.25, 0.3) is 5.91 Å². The van der Waals surface area contributed by atoms with Crippen molar-refractivity contribution in [1.82, 2.24) is 10.3 Å². The number of nitrogens with one attached hydrogen (secondary N) is 2. The van der Waals surface area contributed by atoms with E-state index in [1.807, 2.05) is 0 Å². The summed E-state index contributed by atoms with van der Waals surface area (Å²) in [6.07, 6.45) is 1.03. The average Bonchev–Trinajstić information content (AvgIpc) is 2.42. The molecule has 0 atom stereocenters. The lowest BCUT2D eigenvalue weighted by Crippen LogP contribution is -2.19. The number of carbonyl (C=O) groups excluding carboxylic acids is 1. The molecule has 1 heterocycles. The highest BCUT2D eigenvalue weighted by Gasteiger charge is 2.11. The van der Waals surface area contributed by atoms with Crippen LogP contribution in [0.3, 0.4) is 0 Å². The van der Waals surface area contributed by atoms with Gasteiger partial charge in [-0.3, -0.25) is 9.78 Å². The fraction of sp³-hybridized carbons (Fsp3) is 0.0769. The van der Waals surface area contributed by atoms with Gasteiger partial charge in [0.1, 0.15) is 7.85 Å². The summed E-state index contributed by atoms with van der Waals surface area (Å²) in [5.74, 6) is -0.800. The normalized spacial score (nSPS) is 10.0. The van der Waals surface area contributed by atoms with Crippen LogP contribution in [0.15, 0.2) is 36.5 Å². The average molecular weight is 255 g/mol. The van der Waals surface area contributed by atoms with Crippen molar-refractivity contribution in [2.24, 2.45) is 0 Å². The van der Waals surface area contributed by atoms with Crippen molar-refractivity contribution in [2.75, 3.05) is 12.4 Å². The van der Waals surface area contributed by atoms with E-state index in [-0.39, 0.29) is 17.2 Å². The number of halogens is 1. The number of hydrogen-bond donors (Lipinski definition) is 2. The highest BCUT2D eigenvalue weighted by Crippen LogP contribution is 2.21. The molecule has 0 saturated heterocycles. The van der Waals surface area contributed by atoms with Crippen molar-refractivity contribution in [3.63, 3.8) is 0 Å². The third kappa shape index (κ3) is 2.90. The summed E-state index contributed by atoms with van der Waals surface area (Å²) in [5, 5.41) is 5.36. The number of aromatic nitrogens is 1. The molecular weight excluding hydrogens is 244 g/mol. The molecule has 0 spiro atoms. The Hall–Kier alpha value is -2.37. The molecule has 1 aromatic heterocycles. The van der Waals surface area contributed by atoms with Crippen molar-refractivity contribution in [3.05, 3.63) is 47.9 Å². The van der Waals surface area contributed by atoms with E-state index in [9.17, 15) is 9.18 Å². The quantitative estimate of drug-likeness (QED) is 0.808. The van der Waals surface area contributed by atoms with Crippen LogP contribution < -0.4 is 16.2 Å². The van der Waals surface area contributed by atoms with Crippen LogP contribution in [0.2, 0.25) is 0 Å². The van der Waals surface area contributed by atoms with Crippen LogP contribution in [0, 0.1) is 5.82 Å². The molecule has 2 N–H and O–H groups in total. The lowest BCUT2D eigenvalue weighted by Gasteiger charge is -2.12. The molecule has 0 saturated carbocycles. The second-order valence-corrected chi connectivity index (χ2v) is 3.84. The number of carbonyl (C=O) groups is 1. The molecule has 1 aromatic carbocycles. The van der Waals surface area contributed by atoms with Gasteiger partial charge >= 0.3 is 0 Å².